The van der Waals surface area contributed by atoms with Crippen molar-refractivity contribution in [2.24, 2.45) is 0 Å². The third kappa shape index (κ3) is 5.20. The predicted molar refractivity (Wildman–Crippen MR) is 126 cm³/mol. The van der Waals surface area contributed by atoms with Crippen molar-refractivity contribution < 1.29 is 24.0 Å². The zero-order valence-corrected chi connectivity index (χ0v) is 19.1. The Bertz CT molecular complexity index is 1150. The third-order valence-electron chi connectivity index (χ3n) is 6.26. The van der Waals surface area contributed by atoms with Gasteiger partial charge in [-0.3, -0.25) is 19.6 Å². The van der Waals surface area contributed by atoms with Crippen LogP contribution in [0.1, 0.15) is 83.7 Å². The summed E-state index contributed by atoms with van der Waals surface area (Å²) in [6.07, 6.45) is 7.13. The molecule has 1 aliphatic heterocycles. The lowest BCUT2D eigenvalue weighted by Crippen LogP contribution is -2.25. The lowest BCUT2D eigenvalue weighted by atomic mass is 10.00. The second kappa shape index (κ2) is 10.2. The van der Waals surface area contributed by atoms with Crippen molar-refractivity contribution >= 4 is 35.1 Å². The van der Waals surface area contributed by atoms with Crippen LogP contribution in [0, 0.1) is 12.7 Å². The Kier molecular flexibility index (Phi) is 7.12. The molecular formula is C25H29FN4O4. The minimum absolute atomic E-state index is 0.151. The SMILES string of the molecule is Cc1[nH]c(/C=C2\C(=O)Nc3ccc(F)cc32)c(C2CC2)c1C(=O)NCCCCCCC(=O)NO. The number of hydrogen-bond acceptors (Lipinski definition) is 4. The van der Waals surface area contributed by atoms with E-state index in [2.05, 4.69) is 15.6 Å². The largest absolute Gasteiger partial charge is 0.358 e. The van der Waals surface area contributed by atoms with E-state index < -0.39 is 11.7 Å². The molecule has 1 aliphatic carbocycles. The summed E-state index contributed by atoms with van der Waals surface area (Å²) in [7, 11) is 0. The minimum atomic E-state index is -0.414. The molecule has 8 nitrogen and oxygen atoms in total. The number of unbranched alkanes of at least 4 members (excludes halogenated alkanes) is 3. The zero-order chi connectivity index (χ0) is 24.2. The summed E-state index contributed by atoms with van der Waals surface area (Å²) >= 11 is 0. The van der Waals surface area contributed by atoms with Crippen molar-refractivity contribution in [3.05, 3.63) is 52.1 Å². The Morgan fingerprint density at radius 3 is 2.71 bits per heavy atom. The number of hydroxylamine groups is 1. The standard InChI is InChI=1S/C25H29FN4O4/c1-14-22(25(33)27-11-5-3-2-4-6-21(31)30-34)23(15-7-8-15)20(28-14)13-18-17-12-16(26)9-10-19(17)29-24(18)32/h9-10,12-13,15,28,34H,2-8,11H2,1H3,(H,27,33)(H,29,32)(H,30,31)/b18-13-. The Hall–Kier alpha value is -3.46. The van der Waals surface area contributed by atoms with Crippen LogP contribution in [0.15, 0.2) is 18.2 Å². The van der Waals surface area contributed by atoms with E-state index in [1.165, 1.54) is 12.1 Å². The second-order valence-corrected chi connectivity index (χ2v) is 8.88. The van der Waals surface area contributed by atoms with Crippen molar-refractivity contribution in [3.63, 3.8) is 0 Å². The molecule has 34 heavy (non-hydrogen) atoms. The second-order valence-electron chi connectivity index (χ2n) is 8.88. The molecule has 2 heterocycles. The van der Waals surface area contributed by atoms with Gasteiger partial charge in [0.25, 0.3) is 11.8 Å². The lowest BCUT2D eigenvalue weighted by molar-refractivity contribution is -0.129. The first-order valence-corrected chi connectivity index (χ1v) is 11.7. The first-order valence-electron chi connectivity index (χ1n) is 11.7. The summed E-state index contributed by atoms with van der Waals surface area (Å²) in [5.74, 6) is -0.993. The maximum atomic E-state index is 13.8. The molecule has 1 aromatic heterocycles. The summed E-state index contributed by atoms with van der Waals surface area (Å²) in [4.78, 5) is 39.9. The van der Waals surface area contributed by atoms with Gasteiger partial charge in [0.2, 0.25) is 5.91 Å². The molecule has 9 heteroatoms. The van der Waals surface area contributed by atoms with Gasteiger partial charge in [0, 0.05) is 35.6 Å². The zero-order valence-electron chi connectivity index (χ0n) is 19.1. The van der Waals surface area contributed by atoms with Gasteiger partial charge in [-0.15, -0.1) is 0 Å². The molecule has 4 rings (SSSR count). The molecule has 0 bridgehead atoms. The number of amides is 3. The predicted octanol–water partition coefficient (Wildman–Crippen LogP) is 4.02. The molecule has 180 valence electrons. The van der Waals surface area contributed by atoms with Crippen molar-refractivity contribution in [1.82, 2.24) is 15.8 Å². The van der Waals surface area contributed by atoms with Gasteiger partial charge in [0.05, 0.1) is 11.1 Å². The first kappa shape index (κ1) is 23.7. The van der Waals surface area contributed by atoms with Crippen LogP contribution in [-0.4, -0.2) is 34.5 Å². The molecular weight excluding hydrogens is 439 g/mol. The van der Waals surface area contributed by atoms with Crippen LogP contribution in [0.25, 0.3) is 11.6 Å². The first-order chi connectivity index (χ1) is 16.4. The summed E-state index contributed by atoms with van der Waals surface area (Å²) in [5, 5.41) is 14.2. The number of rotatable bonds is 10. The number of anilines is 1. The number of aromatic nitrogens is 1. The summed E-state index contributed by atoms with van der Waals surface area (Å²) in [6, 6.07) is 4.20. The fourth-order valence-corrected chi connectivity index (χ4v) is 4.43. The van der Waals surface area contributed by atoms with Gasteiger partial charge in [-0.1, -0.05) is 12.8 Å². The number of carbonyl (C=O) groups excluding carboxylic acids is 3. The van der Waals surface area contributed by atoms with Crippen LogP contribution < -0.4 is 16.1 Å². The molecule has 1 fully saturated rings. The average Bonchev–Trinajstić information content (AvgIpc) is 3.53. The fourth-order valence-electron chi connectivity index (χ4n) is 4.43. The smallest absolute Gasteiger partial charge is 0.256 e. The third-order valence-corrected chi connectivity index (χ3v) is 6.26. The summed E-state index contributed by atoms with van der Waals surface area (Å²) < 4.78 is 13.8. The van der Waals surface area contributed by atoms with Gasteiger partial charge < -0.3 is 15.6 Å². The highest BCUT2D eigenvalue weighted by molar-refractivity contribution is 6.35. The number of benzene rings is 1. The average molecular weight is 469 g/mol. The Morgan fingerprint density at radius 2 is 1.97 bits per heavy atom. The molecule has 1 aromatic carbocycles. The van der Waals surface area contributed by atoms with E-state index >= 15 is 0 Å². The molecule has 1 saturated carbocycles. The van der Waals surface area contributed by atoms with Crippen LogP contribution in [0.2, 0.25) is 0 Å². The van der Waals surface area contributed by atoms with Crippen molar-refractivity contribution in [2.75, 3.05) is 11.9 Å². The van der Waals surface area contributed by atoms with E-state index in [0.717, 1.165) is 49.1 Å². The number of aryl methyl sites for hydroxylation is 1. The van der Waals surface area contributed by atoms with E-state index in [1.807, 2.05) is 6.92 Å². The van der Waals surface area contributed by atoms with E-state index in [4.69, 9.17) is 5.21 Å². The topological polar surface area (TPSA) is 123 Å². The van der Waals surface area contributed by atoms with Gasteiger partial charge >= 0.3 is 0 Å². The van der Waals surface area contributed by atoms with E-state index in [1.54, 1.807) is 17.6 Å². The van der Waals surface area contributed by atoms with Crippen LogP contribution in [0.4, 0.5) is 10.1 Å². The molecule has 2 aliphatic rings. The molecule has 3 amide bonds. The van der Waals surface area contributed by atoms with Gasteiger partial charge in [0.1, 0.15) is 5.82 Å². The highest BCUT2D eigenvalue weighted by Gasteiger charge is 2.34. The fraction of sp³-hybridized carbons (Fsp3) is 0.400. The van der Waals surface area contributed by atoms with Gasteiger partial charge in [-0.25, -0.2) is 9.87 Å². The maximum Gasteiger partial charge on any atom is 0.256 e. The number of H-pyrrole nitrogens is 1. The monoisotopic (exact) mass is 468 g/mol. The minimum Gasteiger partial charge on any atom is -0.358 e. The Balaban J connectivity index is 1.45. The van der Waals surface area contributed by atoms with Crippen LogP contribution in [0.3, 0.4) is 0 Å². The Morgan fingerprint density at radius 1 is 1.21 bits per heavy atom. The lowest BCUT2D eigenvalue weighted by Gasteiger charge is -2.08. The Labute approximate surface area is 197 Å². The molecule has 0 unspecified atom stereocenters. The van der Waals surface area contributed by atoms with Crippen molar-refractivity contribution in [2.45, 2.75) is 57.8 Å². The van der Waals surface area contributed by atoms with Crippen LogP contribution in [0.5, 0.6) is 0 Å². The molecule has 0 spiro atoms. The van der Waals surface area contributed by atoms with Crippen molar-refractivity contribution in [3.8, 4) is 0 Å². The normalized spacial score (nSPS) is 15.9. The molecule has 0 saturated heterocycles. The quantitative estimate of drug-likeness (QED) is 0.156. The number of fused-ring (bicyclic) bond motifs is 1. The maximum absolute atomic E-state index is 13.8. The van der Waals surface area contributed by atoms with Crippen LogP contribution >= 0.6 is 0 Å². The number of carbonyl (C=O) groups is 3. The number of halogens is 1. The van der Waals surface area contributed by atoms with E-state index in [9.17, 15) is 18.8 Å². The highest BCUT2D eigenvalue weighted by Crippen LogP contribution is 2.45. The van der Waals surface area contributed by atoms with Gasteiger partial charge in [0.15, 0.2) is 0 Å². The number of aromatic amines is 1. The van der Waals surface area contributed by atoms with Crippen LogP contribution in [-0.2, 0) is 9.59 Å². The molecule has 0 atom stereocenters. The van der Waals surface area contributed by atoms with Gasteiger partial charge in [-0.2, -0.15) is 0 Å². The summed E-state index contributed by atoms with van der Waals surface area (Å²) in [5.41, 5.74) is 6.06. The molecule has 2 aromatic rings. The summed E-state index contributed by atoms with van der Waals surface area (Å²) in [6.45, 7) is 2.36. The number of hydrogen-bond donors (Lipinski definition) is 5. The van der Waals surface area contributed by atoms with E-state index in [0.29, 0.717) is 35.4 Å². The number of nitrogens with one attached hydrogen (secondary N) is 4. The van der Waals surface area contributed by atoms with E-state index in [-0.39, 0.29) is 24.2 Å². The van der Waals surface area contributed by atoms with Gasteiger partial charge in [-0.05, 0) is 68.4 Å². The highest BCUT2D eigenvalue weighted by atomic mass is 19.1. The molecule has 0 radical (unpaired) electrons. The molecule has 5 N–H and O–H groups in total. The van der Waals surface area contributed by atoms with Crippen molar-refractivity contribution in [1.29, 1.82) is 0 Å².